The molecule has 4 aromatic carbocycles. The lowest BCUT2D eigenvalue weighted by atomic mass is 9.78. The van der Waals surface area contributed by atoms with E-state index in [0.717, 1.165) is 58.2 Å². The molecule has 3 aliphatic rings. The van der Waals surface area contributed by atoms with Crippen molar-refractivity contribution in [2.75, 3.05) is 11.9 Å². The SMILES string of the molecule is CC1COc2c(S(=O)(=NC(c3ccccc3)(c3ccccc3)c3ccccc3)NC(=O)Nc3c4c(cc5c3C[C@H](F)C5)CCC4)cnn2C1. The van der Waals surface area contributed by atoms with E-state index in [2.05, 4.69) is 28.1 Å². The molecule has 2 amide bonds. The molecule has 0 fully saturated rings. The van der Waals surface area contributed by atoms with Crippen molar-refractivity contribution in [3.8, 4) is 5.88 Å². The van der Waals surface area contributed by atoms with E-state index in [1.807, 2.05) is 91.0 Å². The van der Waals surface area contributed by atoms with Gasteiger partial charge in [-0.1, -0.05) is 104 Å². The Morgan fingerprint density at radius 3 is 2.18 bits per heavy atom. The zero-order chi connectivity index (χ0) is 33.6. The summed E-state index contributed by atoms with van der Waals surface area (Å²) in [6.45, 7) is 3.04. The Hall–Kier alpha value is -4.96. The summed E-state index contributed by atoms with van der Waals surface area (Å²) in [5.74, 6) is 0.514. The van der Waals surface area contributed by atoms with Gasteiger partial charge >= 0.3 is 6.03 Å². The molecular weight excluding hydrogens is 638 g/mol. The molecule has 0 bridgehead atoms. The molecule has 3 atom stereocenters. The summed E-state index contributed by atoms with van der Waals surface area (Å²) in [4.78, 5) is 14.5. The second-order valence-corrected chi connectivity index (χ2v) is 15.2. The number of alkyl halides is 1. The maximum atomic E-state index is 15.9. The van der Waals surface area contributed by atoms with Gasteiger partial charge in [0.05, 0.1) is 19.3 Å². The lowest BCUT2D eigenvalue weighted by Crippen LogP contribution is -2.38. The number of nitrogens with zero attached hydrogens (tertiary/aromatic N) is 3. The van der Waals surface area contributed by atoms with Gasteiger partial charge in [0.25, 0.3) is 0 Å². The minimum atomic E-state index is -3.86. The first-order valence-corrected chi connectivity index (χ1v) is 18.4. The van der Waals surface area contributed by atoms with E-state index >= 15 is 4.21 Å². The fourth-order valence-electron chi connectivity index (χ4n) is 7.62. The number of carbonyl (C=O) groups is 1. The van der Waals surface area contributed by atoms with Gasteiger partial charge in [-0.15, -0.1) is 0 Å². The number of aryl methyl sites for hydroxylation is 1. The number of fused-ring (bicyclic) bond motifs is 3. The number of amides is 2. The van der Waals surface area contributed by atoms with Crippen molar-refractivity contribution in [2.24, 2.45) is 10.3 Å². The maximum absolute atomic E-state index is 15.9. The molecule has 2 unspecified atom stereocenters. The molecule has 0 radical (unpaired) electrons. The van der Waals surface area contributed by atoms with Gasteiger partial charge in [0, 0.05) is 24.4 Å². The van der Waals surface area contributed by atoms with Crippen LogP contribution in [0.3, 0.4) is 0 Å². The van der Waals surface area contributed by atoms with E-state index in [9.17, 15) is 9.18 Å². The van der Waals surface area contributed by atoms with Crippen LogP contribution in [0.15, 0.2) is 113 Å². The van der Waals surface area contributed by atoms with E-state index in [4.69, 9.17) is 9.10 Å². The Morgan fingerprint density at radius 1 is 0.918 bits per heavy atom. The Labute approximate surface area is 286 Å². The van der Waals surface area contributed by atoms with Gasteiger partial charge in [-0.3, -0.25) is 0 Å². The minimum Gasteiger partial charge on any atom is -0.477 e. The number of halogens is 1. The van der Waals surface area contributed by atoms with E-state index in [1.165, 1.54) is 6.20 Å². The smallest absolute Gasteiger partial charge is 0.331 e. The first kappa shape index (κ1) is 31.3. The topological polar surface area (TPSA) is 97.6 Å². The third-order valence-electron chi connectivity index (χ3n) is 9.82. The van der Waals surface area contributed by atoms with Gasteiger partial charge in [0.15, 0.2) is 9.92 Å². The van der Waals surface area contributed by atoms with Crippen molar-refractivity contribution in [2.45, 2.75) is 62.2 Å². The molecular formula is C39H38FN5O3S. The van der Waals surface area contributed by atoms with Crippen molar-refractivity contribution in [1.82, 2.24) is 14.5 Å². The van der Waals surface area contributed by atoms with Gasteiger partial charge in [-0.2, -0.15) is 9.46 Å². The van der Waals surface area contributed by atoms with E-state index < -0.39 is 27.7 Å². The van der Waals surface area contributed by atoms with Crippen LogP contribution in [-0.2, 0) is 47.7 Å². The zero-order valence-electron chi connectivity index (χ0n) is 27.3. The number of hydrogen-bond acceptors (Lipinski definition) is 5. The molecule has 1 aliphatic heterocycles. The number of anilines is 1. The van der Waals surface area contributed by atoms with Crippen LogP contribution in [0.4, 0.5) is 14.9 Å². The monoisotopic (exact) mass is 675 g/mol. The van der Waals surface area contributed by atoms with Gasteiger partial charge in [0.2, 0.25) is 5.88 Å². The molecule has 1 aromatic heterocycles. The summed E-state index contributed by atoms with van der Waals surface area (Å²) in [7, 11) is -3.86. The third-order valence-corrected chi connectivity index (χ3v) is 11.7. The zero-order valence-corrected chi connectivity index (χ0v) is 28.1. The first-order chi connectivity index (χ1) is 23.8. The standard InChI is InChI=1S/C39H38FN5O3S/c1-26-24-45-37(48-25-26)35(23-41-45)49(47,43-38(46)42-36-33-19-11-12-27(33)20-28-21-32(40)22-34(28)36)44-39(29-13-5-2-6-14-29,30-15-7-3-8-16-30)31-17-9-4-10-18-31/h2-10,13-18,20,23,26,32H,11-12,19,21-22,24-25H2,1H3,(H2,42,43,44,46,47)/t26?,32-,49?/m1/s1. The van der Waals surface area contributed by atoms with E-state index in [0.29, 0.717) is 31.1 Å². The second-order valence-electron chi connectivity index (χ2n) is 13.3. The van der Waals surface area contributed by atoms with Crippen molar-refractivity contribution < 1.29 is 18.1 Å². The quantitative estimate of drug-likeness (QED) is 0.176. The fraction of sp³-hybridized carbons (Fsp3) is 0.282. The van der Waals surface area contributed by atoms with Crippen molar-refractivity contribution in [1.29, 1.82) is 0 Å². The van der Waals surface area contributed by atoms with E-state index in [1.54, 1.807) is 4.68 Å². The van der Waals surface area contributed by atoms with Crippen LogP contribution >= 0.6 is 0 Å². The van der Waals surface area contributed by atoms with Crippen LogP contribution in [-0.4, -0.2) is 32.8 Å². The van der Waals surface area contributed by atoms with Gasteiger partial charge in [-0.05, 0) is 58.2 Å². The second kappa shape index (κ2) is 12.5. The summed E-state index contributed by atoms with van der Waals surface area (Å²) in [5.41, 5.74) is 5.53. The van der Waals surface area contributed by atoms with Crippen LogP contribution < -0.4 is 14.8 Å². The average Bonchev–Trinajstić information content (AvgIpc) is 3.86. The van der Waals surface area contributed by atoms with Crippen molar-refractivity contribution in [3.63, 3.8) is 0 Å². The van der Waals surface area contributed by atoms with E-state index in [-0.39, 0.29) is 17.2 Å². The molecule has 5 aromatic rings. The van der Waals surface area contributed by atoms with Crippen LogP contribution in [0, 0.1) is 5.92 Å². The number of benzene rings is 4. The number of urea groups is 1. The number of rotatable bonds is 7. The number of carbonyl (C=O) groups excluding carboxylic acids is 1. The molecule has 10 heteroatoms. The molecule has 8 rings (SSSR count). The Kier molecular flexibility index (Phi) is 7.98. The predicted octanol–water partition coefficient (Wildman–Crippen LogP) is 7.39. The van der Waals surface area contributed by atoms with Crippen LogP contribution in [0.25, 0.3) is 0 Å². The average molecular weight is 676 g/mol. The molecule has 8 nitrogen and oxygen atoms in total. The third kappa shape index (κ3) is 5.57. The Morgan fingerprint density at radius 2 is 1.55 bits per heavy atom. The molecule has 250 valence electrons. The highest BCUT2D eigenvalue weighted by Gasteiger charge is 2.41. The highest BCUT2D eigenvalue weighted by Crippen LogP contribution is 2.44. The maximum Gasteiger partial charge on any atom is 0.331 e. The normalized spacial score (nSPS) is 19.1. The summed E-state index contributed by atoms with van der Waals surface area (Å²) in [5, 5.41) is 7.60. The summed E-state index contributed by atoms with van der Waals surface area (Å²) in [6, 6.07) is 30.5. The lowest BCUT2D eigenvalue weighted by Gasteiger charge is -2.33. The molecule has 0 spiro atoms. The summed E-state index contributed by atoms with van der Waals surface area (Å²) in [6.07, 6.45) is 3.70. The predicted molar refractivity (Wildman–Crippen MR) is 188 cm³/mol. The van der Waals surface area contributed by atoms with Crippen LogP contribution in [0.2, 0.25) is 0 Å². The van der Waals surface area contributed by atoms with Gasteiger partial charge in [-0.25, -0.2) is 22.8 Å². The fourth-order valence-corrected chi connectivity index (χ4v) is 9.47. The first-order valence-electron chi connectivity index (χ1n) is 16.9. The van der Waals surface area contributed by atoms with Crippen molar-refractivity contribution >= 4 is 21.6 Å². The van der Waals surface area contributed by atoms with Gasteiger partial charge < -0.3 is 10.1 Å². The number of hydrogen-bond donors (Lipinski definition) is 2. The highest BCUT2D eigenvalue weighted by atomic mass is 32.2. The van der Waals surface area contributed by atoms with Crippen LogP contribution in [0.1, 0.15) is 52.3 Å². The molecule has 2 heterocycles. The molecule has 49 heavy (non-hydrogen) atoms. The number of aromatic nitrogens is 2. The molecule has 0 saturated carbocycles. The summed E-state index contributed by atoms with van der Waals surface area (Å²) < 4.78 is 46.7. The van der Waals surface area contributed by atoms with Crippen molar-refractivity contribution in [3.05, 3.63) is 142 Å². The lowest BCUT2D eigenvalue weighted by molar-refractivity contribution is 0.170. The minimum absolute atomic E-state index is 0.189. The molecule has 2 N–H and O–H groups in total. The van der Waals surface area contributed by atoms with Crippen LogP contribution in [0.5, 0.6) is 5.88 Å². The number of nitrogens with one attached hydrogen (secondary N) is 2. The number of ether oxygens (including phenoxy) is 1. The Balaban J connectivity index is 1.34. The summed E-state index contributed by atoms with van der Waals surface area (Å²) >= 11 is 0. The largest absolute Gasteiger partial charge is 0.477 e. The van der Waals surface area contributed by atoms with Gasteiger partial charge in [0.1, 0.15) is 16.6 Å². The molecule has 0 saturated heterocycles. The highest BCUT2D eigenvalue weighted by molar-refractivity contribution is 7.92. The Bertz CT molecular complexity index is 2050. The molecule has 2 aliphatic carbocycles.